The molecule has 0 saturated heterocycles. The molecule has 0 aromatic rings. The van der Waals surface area contributed by atoms with Gasteiger partial charge in [-0.1, -0.05) is 19.8 Å². The van der Waals surface area contributed by atoms with Gasteiger partial charge in [0.1, 0.15) is 0 Å². The van der Waals surface area contributed by atoms with Crippen LogP contribution in [0.5, 0.6) is 0 Å². The second-order valence-corrected chi connectivity index (χ2v) is 6.44. The molecule has 3 N–H and O–H groups in total. The fourth-order valence-corrected chi connectivity index (χ4v) is 3.26. The highest BCUT2D eigenvalue weighted by Crippen LogP contribution is 2.22. The monoisotopic (exact) mass is 244 g/mol. The normalized spacial score (nSPS) is 20.7. The van der Waals surface area contributed by atoms with Crippen LogP contribution in [0, 0.1) is 0 Å². The van der Waals surface area contributed by atoms with Crippen LogP contribution in [0.2, 0.25) is 0 Å². The highest BCUT2D eigenvalue weighted by Gasteiger charge is 2.21. The fraction of sp³-hybridized carbons (Fsp3) is 0.917. The number of nitrogens with one attached hydrogen (secondary N) is 1. The number of rotatable bonds is 6. The zero-order valence-electron chi connectivity index (χ0n) is 10.4. The fourth-order valence-electron chi connectivity index (χ4n) is 2.10. The van der Waals surface area contributed by atoms with E-state index in [1.807, 2.05) is 6.92 Å². The van der Waals surface area contributed by atoms with Crippen molar-refractivity contribution in [3.63, 3.8) is 0 Å². The molecule has 94 valence electrons. The molecule has 0 heterocycles. The standard InChI is InChI=1S/C12H24N2OS/c1-9(7-8-13)16-10(2)12(15)14-11-5-3-4-6-11/h9-11H,3-8,13H2,1-2H3,(H,14,15). The summed E-state index contributed by atoms with van der Waals surface area (Å²) in [4.78, 5) is 11.9. The van der Waals surface area contributed by atoms with Gasteiger partial charge in [-0.2, -0.15) is 0 Å². The lowest BCUT2D eigenvalue weighted by molar-refractivity contribution is -0.120. The van der Waals surface area contributed by atoms with E-state index in [1.54, 1.807) is 11.8 Å². The molecule has 0 bridgehead atoms. The maximum Gasteiger partial charge on any atom is 0.233 e. The van der Waals surface area contributed by atoms with E-state index in [0.717, 1.165) is 19.3 Å². The van der Waals surface area contributed by atoms with E-state index in [0.29, 0.717) is 17.8 Å². The van der Waals surface area contributed by atoms with Crippen LogP contribution in [0.1, 0.15) is 46.0 Å². The minimum absolute atomic E-state index is 0.0437. The molecule has 2 atom stereocenters. The topological polar surface area (TPSA) is 55.1 Å². The number of amides is 1. The average Bonchev–Trinajstić information content (AvgIpc) is 2.70. The summed E-state index contributed by atoms with van der Waals surface area (Å²) in [6.07, 6.45) is 5.81. The predicted octanol–water partition coefficient (Wildman–Crippen LogP) is 1.90. The van der Waals surface area contributed by atoms with Crippen molar-refractivity contribution in [3.8, 4) is 0 Å². The van der Waals surface area contributed by atoms with Gasteiger partial charge >= 0.3 is 0 Å². The molecule has 1 rings (SSSR count). The molecule has 0 radical (unpaired) electrons. The lowest BCUT2D eigenvalue weighted by atomic mass is 10.2. The Morgan fingerprint density at radius 1 is 1.44 bits per heavy atom. The molecule has 1 fully saturated rings. The molecule has 1 amide bonds. The third-order valence-electron chi connectivity index (χ3n) is 3.08. The van der Waals surface area contributed by atoms with Crippen molar-refractivity contribution in [2.24, 2.45) is 5.73 Å². The summed E-state index contributed by atoms with van der Waals surface area (Å²) < 4.78 is 0. The maximum atomic E-state index is 11.9. The first-order valence-electron chi connectivity index (χ1n) is 6.29. The molecular formula is C12H24N2OS. The molecule has 2 unspecified atom stereocenters. The Morgan fingerprint density at radius 2 is 2.06 bits per heavy atom. The first kappa shape index (κ1) is 13.8. The Morgan fingerprint density at radius 3 is 2.62 bits per heavy atom. The van der Waals surface area contributed by atoms with Crippen molar-refractivity contribution in [1.82, 2.24) is 5.32 Å². The molecule has 0 aromatic heterocycles. The predicted molar refractivity (Wildman–Crippen MR) is 70.6 cm³/mol. The lowest BCUT2D eigenvalue weighted by Gasteiger charge is -2.19. The van der Waals surface area contributed by atoms with Gasteiger partial charge in [-0.15, -0.1) is 11.8 Å². The van der Waals surface area contributed by atoms with Gasteiger partial charge in [-0.3, -0.25) is 4.79 Å². The van der Waals surface area contributed by atoms with Gasteiger partial charge in [-0.25, -0.2) is 0 Å². The summed E-state index contributed by atoms with van der Waals surface area (Å²) in [6, 6.07) is 0.431. The molecule has 0 aromatic carbocycles. The van der Waals surface area contributed by atoms with E-state index < -0.39 is 0 Å². The molecule has 3 nitrogen and oxygen atoms in total. The Kier molecular flexibility index (Phi) is 6.21. The van der Waals surface area contributed by atoms with Crippen molar-refractivity contribution in [2.45, 2.75) is 62.5 Å². The lowest BCUT2D eigenvalue weighted by Crippen LogP contribution is -2.38. The minimum Gasteiger partial charge on any atom is -0.352 e. The smallest absolute Gasteiger partial charge is 0.233 e. The summed E-state index contributed by atoms with van der Waals surface area (Å²) in [6.45, 7) is 4.82. The summed E-state index contributed by atoms with van der Waals surface area (Å²) in [5, 5.41) is 3.65. The Balaban J connectivity index is 2.23. The second kappa shape index (κ2) is 7.17. The molecule has 0 spiro atoms. The molecule has 0 aliphatic heterocycles. The maximum absolute atomic E-state index is 11.9. The zero-order valence-corrected chi connectivity index (χ0v) is 11.2. The number of nitrogens with two attached hydrogens (primary N) is 1. The largest absolute Gasteiger partial charge is 0.352 e. The van der Waals surface area contributed by atoms with Crippen LogP contribution in [0.3, 0.4) is 0 Å². The van der Waals surface area contributed by atoms with Crippen LogP contribution in [0.15, 0.2) is 0 Å². The van der Waals surface area contributed by atoms with Gasteiger partial charge in [0.2, 0.25) is 5.91 Å². The van der Waals surface area contributed by atoms with E-state index >= 15 is 0 Å². The van der Waals surface area contributed by atoms with Crippen molar-refractivity contribution < 1.29 is 4.79 Å². The van der Waals surface area contributed by atoms with Crippen LogP contribution in [0.25, 0.3) is 0 Å². The number of carbonyl (C=O) groups is 1. The van der Waals surface area contributed by atoms with Crippen LogP contribution >= 0.6 is 11.8 Å². The van der Waals surface area contributed by atoms with Crippen molar-refractivity contribution >= 4 is 17.7 Å². The van der Waals surface area contributed by atoms with Gasteiger partial charge < -0.3 is 11.1 Å². The van der Waals surface area contributed by atoms with E-state index in [9.17, 15) is 4.79 Å². The van der Waals surface area contributed by atoms with E-state index in [-0.39, 0.29) is 11.2 Å². The van der Waals surface area contributed by atoms with E-state index in [1.165, 1.54) is 12.8 Å². The molecule has 4 heteroatoms. The second-order valence-electron chi connectivity index (χ2n) is 4.66. The third-order valence-corrected chi connectivity index (χ3v) is 4.40. The Labute approximate surface area is 103 Å². The van der Waals surface area contributed by atoms with Gasteiger partial charge in [0, 0.05) is 11.3 Å². The number of thioether (sulfide) groups is 1. The summed E-state index contributed by atoms with van der Waals surface area (Å²) in [7, 11) is 0. The quantitative estimate of drug-likeness (QED) is 0.750. The molecule has 16 heavy (non-hydrogen) atoms. The molecule has 1 saturated carbocycles. The van der Waals surface area contributed by atoms with E-state index in [4.69, 9.17) is 5.73 Å². The van der Waals surface area contributed by atoms with Crippen LogP contribution in [-0.4, -0.2) is 29.0 Å². The van der Waals surface area contributed by atoms with Gasteiger partial charge in [0.05, 0.1) is 5.25 Å². The van der Waals surface area contributed by atoms with Crippen molar-refractivity contribution in [1.29, 1.82) is 0 Å². The van der Waals surface area contributed by atoms with Gasteiger partial charge in [0.25, 0.3) is 0 Å². The SMILES string of the molecule is CC(CCN)SC(C)C(=O)NC1CCCC1. The van der Waals surface area contributed by atoms with Crippen LogP contribution in [-0.2, 0) is 4.79 Å². The van der Waals surface area contributed by atoms with Crippen LogP contribution in [0.4, 0.5) is 0 Å². The highest BCUT2D eigenvalue weighted by atomic mass is 32.2. The Hall–Kier alpha value is -0.220. The van der Waals surface area contributed by atoms with Gasteiger partial charge in [-0.05, 0) is 32.7 Å². The van der Waals surface area contributed by atoms with Crippen molar-refractivity contribution in [2.75, 3.05) is 6.54 Å². The summed E-state index contributed by atoms with van der Waals surface area (Å²) >= 11 is 1.72. The molecular weight excluding hydrogens is 220 g/mol. The number of hydrogen-bond acceptors (Lipinski definition) is 3. The summed E-state index contributed by atoms with van der Waals surface area (Å²) in [5.74, 6) is 0.195. The number of carbonyl (C=O) groups excluding carboxylic acids is 1. The first-order chi connectivity index (χ1) is 7.63. The highest BCUT2D eigenvalue weighted by molar-refractivity contribution is 8.01. The summed E-state index contributed by atoms with van der Waals surface area (Å²) in [5.41, 5.74) is 5.50. The van der Waals surface area contributed by atoms with Crippen molar-refractivity contribution in [3.05, 3.63) is 0 Å². The van der Waals surface area contributed by atoms with Crippen LogP contribution < -0.4 is 11.1 Å². The average molecular weight is 244 g/mol. The van der Waals surface area contributed by atoms with E-state index in [2.05, 4.69) is 12.2 Å². The minimum atomic E-state index is 0.0437. The first-order valence-corrected chi connectivity index (χ1v) is 7.23. The number of hydrogen-bond donors (Lipinski definition) is 2. The molecule has 1 aliphatic rings. The third kappa shape index (κ3) is 4.74. The molecule has 1 aliphatic carbocycles. The zero-order chi connectivity index (χ0) is 12.0. The van der Waals surface area contributed by atoms with Gasteiger partial charge in [0.15, 0.2) is 0 Å². The Bertz CT molecular complexity index is 217.